The van der Waals surface area contributed by atoms with Gasteiger partial charge in [0.05, 0.1) is 0 Å². The van der Waals surface area contributed by atoms with Crippen molar-refractivity contribution in [2.24, 2.45) is 0 Å². The zero-order valence-corrected chi connectivity index (χ0v) is 16.4. The molecule has 0 unspecified atom stereocenters. The molecule has 4 heteroatoms. The second-order valence-corrected chi connectivity index (χ2v) is 7.27. The van der Waals surface area contributed by atoms with E-state index in [1.807, 2.05) is 17.2 Å². The average Bonchev–Trinajstić information content (AvgIpc) is 3.01. The maximum absolute atomic E-state index is 11.9. The fourth-order valence-corrected chi connectivity index (χ4v) is 3.49. The lowest BCUT2D eigenvalue weighted by atomic mass is 10.1. The predicted octanol–water partition coefficient (Wildman–Crippen LogP) is 5.41. The Bertz CT molecular complexity index is 678. The summed E-state index contributed by atoms with van der Waals surface area (Å²) < 4.78 is 0. The quantitative estimate of drug-likeness (QED) is 0.499. The summed E-state index contributed by atoms with van der Waals surface area (Å²) in [7, 11) is 0. The van der Waals surface area contributed by atoms with Crippen molar-refractivity contribution in [3.8, 4) is 5.75 Å². The van der Waals surface area contributed by atoms with Crippen LogP contribution in [0.5, 0.6) is 5.75 Å². The minimum atomic E-state index is 0.149. The van der Waals surface area contributed by atoms with Gasteiger partial charge in [0.2, 0.25) is 5.91 Å². The van der Waals surface area contributed by atoms with Crippen LogP contribution in [0, 0.1) is 0 Å². The molecule has 4 nitrogen and oxygen atoms in total. The first-order chi connectivity index (χ1) is 12.6. The molecular formula is C22H34N2O2. The lowest BCUT2D eigenvalue weighted by molar-refractivity contribution is -0.128. The minimum absolute atomic E-state index is 0.149. The van der Waals surface area contributed by atoms with Crippen molar-refractivity contribution >= 4 is 16.8 Å². The number of amides is 1. The number of hydrogen-bond acceptors (Lipinski definition) is 2. The second-order valence-electron chi connectivity index (χ2n) is 7.27. The van der Waals surface area contributed by atoms with E-state index in [4.69, 9.17) is 0 Å². The summed E-state index contributed by atoms with van der Waals surface area (Å²) >= 11 is 0. The van der Waals surface area contributed by atoms with Crippen LogP contribution in [-0.4, -0.2) is 34.0 Å². The molecule has 0 aliphatic carbocycles. The Morgan fingerprint density at radius 2 is 1.73 bits per heavy atom. The minimum Gasteiger partial charge on any atom is -0.508 e. The summed E-state index contributed by atoms with van der Waals surface area (Å²) in [6.07, 6.45) is 13.0. The number of benzene rings is 1. The first-order valence-corrected chi connectivity index (χ1v) is 10.2. The first-order valence-electron chi connectivity index (χ1n) is 10.2. The number of carbonyl (C=O) groups is 1. The van der Waals surface area contributed by atoms with Gasteiger partial charge >= 0.3 is 0 Å². The lowest BCUT2D eigenvalue weighted by Crippen LogP contribution is -2.31. The Balaban J connectivity index is 1.74. The fourth-order valence-electron chi connectivity index (χ4n) is 3.49. The van der Waals surface area contributed by atoms with Gasteiger partial charge in [0.1, 0.15) is 5.75 Å². The van der Waals surface area contributed by atoms with Crippen molar-refractivity contribution in [1.29, 1.82) is 0 Å². The Hall–Kier alpha value is -1.97. The molecule has 0 bridgehead atoms. The smallest absolute Gasteiger partial charge is 0.219 e. The first kappa shape index (κ1) is 20.3. The van der Waals surface area contributed by atoms with Gasteiger partial charge in [0.15, 0.2) is 0 Å². The molecule has 2 rings (SSSR count). The maximum atomic E-state index is 11.9. The summed E-state index contributed by atoms with van der Waals surface area (Å²) in [5.41, 5.74) is 2.17. The summed E-state index contributed by atoms with van der Waals surface area (Å²) in [6, 6.07) is 5.36. The van der Waals surface area contributed by atoms with Gasteiger partial charge in [0, 0.05) is 37.1 Å². The number of unbranched alkanes of at least 4 members (excludes halogenated alkanes) is 7. The van der Waals surface area contributed by atoms with E-state index in [0.717, 1.165) is 42.4 Å². The number of phenolic OH excluding ortho intramolecular Hbond substituents is 1. The SMILES string of the molecule is CCCCCCCCCCN(CCc1c[nH]c2ccc(O)cc12)C(C)=O. The Morgan fingerprint density at radius 1 is 1.04 bits per heavy atom. The van der Waals surface area contributed by atoms with E-state index in [1.54, 1.807) is 19.1 Å². The van der Waals surface area contributed by atoms with Crippen LogP contribution in [0.4, 0.5) is 0 Å². The summed E-state index contributed by atoms with van der Waals surface area (Å²) in [5, 5.41) is 10.7. The molecule has 26 heavy (non-hydrogen) atoms. The zero-order chi connectivity index (χ0) is 18.8. The van der Waals surface area contributed by atoms with E-state index in [2.05, 4.69) is 11.9 Å². The van der Waals surface area contributed by atoms with Crippen molar-refractivity contribution in [2.45, 2.75) is 71.6 Å². The number of rotatable bonds is 12. The Morgan fingerprint density at radius 3 is 2.42 bits per heavy atom. The summed E-state index contributed by atoms with van der Waals surface area (Å²) in [6.45, 7) is 5.48. The number of nitrogens with one attached hydrogen (secondary N) is 1. The van der Waals surface area contributed by atoms with Gasteiger partial charge in [-0.3, -0.25) is 4.79 Å². The molecule has 0 aliphatic rings. The summed E-state index contributed by atoms with van der Waals surface area (Å²) in [5.74, 6) is 0.427. The highest BCUT2D eigenvalue weighted by Gasteiger charge is 2.11. The molecular weight excluding hydrogens is 324 g/mol. The molecule has 0 saturated carbocycles. The number of nitrogens with zero attached hydrogens (tertiary/aromatic N) is 1. The number of phenols is 1. The normalized spacial score (nSPS) is 11.2. The van der Waals surface area contributed by atoms with Crippen LogP contribution in [0.1, 0.15) is 70.8 Å². The molecule has 1 heterocycles. The van der Waals surface area contributed by atoms with Crippen LogP contribution in [0.2, 0.25) is 0 Å². The lowest BCUT2D eigenvalue weighted by Gasteiger charge is -2.21. The van der Waals surface area contributed by atoms with Gasteiger partial charge in [-0.05, 0) is 36.6 Å². The Kier molecular flexibility index (Phi) is 8.52. The van der Waals surface area contributed by atoms with E-state index in [-0.39, 0.29) is 11.7 Å². The van der Waals surface area contributed by atoms with Crippen molar-refractivity contribution < 1.29 is 9.90 Å². The van der Waals surface area contributed by atoms with Crippen LogP contribution >= 0.6 is 0 Å². The molecule has 1 amide bonds. The number of fused-ring (bicyclic) bond motifs is 1. The zero-order valence-electron chi connectivity index (χ0n) is 16.4. The molecule has 1 aromatic heterocycles. The van der Waals surface area contributed by atoms with Crippen molar-refractivity contribution in [2.75, 3.05) is 13.1 Å². The number of carbonyl (C=O) groups excluding carboxylic acids is 1. The van der Waals surface area contributed by atoms with E-state index in [9.17, 15) is 9.90 Å². The maximum Gasteiger partial charge on any atom is 0.219 e. The highest BCUT2D eigenvalue weighted by molar-refractivity contribution is 5.84. The highest BCUT2D eigenvalue weighted by Crippen LogP contribution is 2.23. The van der Waals surface area contributed by atoms with Crippen molar-refractivity contribution in [1.82, 2.24) is 9.88 Å². The number of hydrogen-bond donors (Lipinski definition) is 2. The molecule has 144 valence electrons. The van der Waals surface area contributed by atoms with Crippen molar-refractivity contribution in [3.05, 3.63) is 30.0 Å². The third-order valence-electron chi connectivity index (χ3n) is 5.13. The van der Waals surface area contributed by atoms with Crippen LogP contribution in [0.25, 0.3) is 10.9 Å². The number of aromatic nitrogens is 1. The van der Waals surface area contributed by atoms with Gasteiger partial charge in [-0.2, -0.15) is 0 Å². The van der Waals surface area contributed by atoms with Gasteiger partial charge in [0.25, 0.3) is 0 Å². The van der Waals surface area contributed by atoms with E-state index in [1.165, 1.54) is 44.9 Å². The number of aromatic hydroxyl groups is 1. The highest BCUT2D eigenvalue weighted by atomic mass is 16.3. The third kappa shape index (κ3) is 6.40. The molecule has 0 saturated heterocycles. The topological polar surface area (TPSA) is 56.3 Å². The standard InChI is InChI=1S/C22H34N2O2/c1-3-4-5-6-7-8-9-10-14-24(18(2)25)15-13-19-17-23-22-12-11-20(26)16-21(19)22/h11-12,16-17,23,26H,3-10,13-15H2,1-2H3. The van der Waals surface area contributed by atoms with E-state index in [0.29, 0.717) is 0 Å². The van der Waals surface area contributed by atoms with Crippen LogP contribution < -0.4 is 0 Å². The van der Waals surface area contributed by atoms with Gasteiger partial charge in [-0.1, -0.05) is 51.9 Å². The van der Waals surface area contributed by atoms with Gasteiger partial charge in [-0.15, -0.1) is 0 Å². The Labute approximate surface area is 157 Å². The van der Waals surface area contributed by atoms with Crippen LogP contribution in [0.15, 0.2) is 24.4 Å². The average molecular weight is 359 g/mol. The van der Waals surface area contributed by atoms with Gasteiger partial charge in [-0.25, -0.2) is 0 Å². The number of aromatic amines is 1. The molecule has 2 N–H and O–H groups in total. The van der Waals surface area contributed by atoms with Gasteiger partial charge < -0.3 is 15.0 Å². The predicted molar refractivity (Wildman–Crippen MR) is 109 cm³/mol. The summed E-state index contributed by atoms with van der Waals surface area (Å²) in [4.78, 5) is 17.1. The van der Waals surface area contributed by atoms with Crippen LogP contribution in [-0.2, 0) is 11.2 Å². The molecule has 0 spiro atoms. The molecule has 0 atom stereocenters. The molecule has 0 fully saturated rings. The van der Waals surface area contributed by atoms with Crippen LogP contribution in [0.3, 0.4) is 0 Å². The van der Waals surface area contributed by atoms with E-state index >= 15 is 0 Å². The largest absolute Gasteiger partial charge is 0.508 e. The van der Waals surface area contributed by atoms with Crippen molar-refractivity contribution in [3.63, 3.8) is 0 Å². The third-order valence-corrected chi connectivity index (χ3v) is 5.13. The fraction of sp³-hybridized carbons (Fsp3) is 0.591. The number of H-pyrrole nitrogens is 1. The molecule has 0 aliphatic heterocycles. The second kappa shape index (κ2) is 10.9. The monoisotopic (exact) mass is 358 g/mol. The molecule has 1 aromatic carbocycles. The molecule has 0 radical (unpaired) electrons. The van der Waals surface area contributed by atoms with E-state index < -0.39 is 0 Å². The molecule has 2 aromatic rings.